The normalized spacial score (nSPS) is 12.7. The molecule has 0 saturated heterocycles. The van der Waals surface area contributed by atoms with Crippen molar-refractivity contribution in [3.8, 4) is 0 Å². The lowest BCUT2D eigenvalue weighted by molar-refractivity contribution is -0.255. The van der Waals surface area contributed by atoms with Crippen LogP contribution in [-0.2, 0) is 0 Å². The summed E-state index contributed by atoms with van der Waals surface area (Å²) in [4.78, 5) is 11.0. The fourth-order valence-electron chi connectivity index (χ4n) is 1.13. The molecule has 18 heavy (non-hydrogen) atoms. The molecule has 0 atom stereocenters. The van der Waals surface area contributed by atoms with Gasteiger partial charge in [0.15, 0.2) is 0 Å². The standard InChI is InChI=1S/C10H5F7O/c1-4-2-5(7(12)3-6(4)11)8(18)9(13,14)10(15,16)17/h2-3H,1H3. The fourth-order valence-corrected chi connectivity index (χ4v) is 1.13. The molecule has 0 radical (unpaired) electrons. The van der Waals surface area contributed by atoms with Crippen molar-refractivity contribution in [3.63, 3.8) is 0 Å². The van der Waals surface area contributed by atoms with Gasteiger partial charge in [-0.3, -0.25) is 4.79 Å². The van der Waals surface area contributed by atoms with E-state index in [4.69, 9.17) is 0 Å². The number of carbonyl (C=O) groups is 1. The zero-order chi connectivity index (χ0) is 14.3. The van der Waals surface area contributed by atoms with Gasteiger partial charge in [-0.2, -0.15) is 22.0 Å². The number of ketones is 1. The van der Waals surface area contributed by atoms with E-state index in [0.717, 1.165) is 6.92 Å². The van der Waals surface area contributed by atoms with Crippen LogP contribution in [0.15, 0.2) is 12.1 Å². The van der Waals surface area contributed by atoms with E-state index in [0.29, 0.717) is 6.07 Å². The molecular formula is C10H5F7O. The summed E-state index contributed by atoms with van der Waals surface area (Å²) in [5.74, 6) is -11.4. The summed E-state index contributed by atoms with van der Waals surface area (Å²) in [6, 6.07) is 0.391. The second-order valence-corrected chi connectivity index (χ2v) is 3.48. The SMILES string of the molecule is Cc1cc(C(=O)C(F)(F)C(F)(F)F)c(F)cc1F. The number of halogens is 7. The molecule has 0 aromatic heterocycles. The molecule has 100 valence electrons. The quantitative estimate of drug-likeness (QED) is 0.594. The highest BCUT2D eigenvalue weighted by Gasteiger charge is 2.63. The second kappa shape index (κ2) is 4.25. The van der Waals surface area contributed by atoms with Gasteiger partial charge in [0.2, 0.25) is 5.78 Å². The van der Waals surface area contributed by atoms with E-state index in [1.54, 1.807) is 0 Å². The molecule has 1 aromatic carbocycles. The lowest BCUT2D eigenvalue weighted by Gasteiger charge is -2.18. The minimum Gasteiger partial charge on any atom is -0.287 e. The first-order valence-electron chi connectivity index (χ1n) is 4.43. The zero-order valence-electron chi connectivity index (χ0n) is 8.71. The van der Waals surface area contributed by atoms with Gasteiger partial charge >= 0.3 is 12.1 Å². The molecule has 1 rings (SSSR count). The van der Waals surface area contributed by atoms with Crippen LogP contribution in [0.5, 0.6) is 0 Å². The van der Waals surface area contributed by atoms with Gasteiger partial charge in [-0.15, -0.1) is 0 Å². The van der Waals surface area contributed by atoms with Crippen molar-refractivity contribution in [1.29, 1.82) is 0 Å². The summed E-state index contributed by atoms with van der Waals surface area (Å²) in [7, 11) is 0. The van der Waals surface area contributed by atoms with Gasteiger partial charge in [0.1, 0.15) is 11.6 Å². The van der Waals surface area contributed by atoms with Gasteiger partial charge in [-0.05, 0) is 18.6 Å². The topological polar surface area (TPSA) is 17.1 Å². The Bertz CT molecular complexity index is 490. The summed E-state index contributed by atoms with van der Waals surface area (Å²) in [5, 5.41) is 0. The molecule has 1 aromatic rings. The Hall–Kier alpha value is -1.60. The third-order valence-corrected chi connectivity index (χ3v) is 2.13. The Balaban J connectivity index is 3.32. The van der Waals surface area contributed by atoms with Crippen molar-refractivity contribution in [1.82, 2.24) is 0 Å². The van der Waals surface area contributed by atoms with Crippen LogP contribution in [0.2, 0.25) is 0 Å². The Kier molecular flexibility index (Phi) is 3.42. The molecule has 0 aliphatic carbocycles. The van der Waals surface area contributed by atoms with Crippen molar-refractivity contribution >= 4 is 5.78 Å². The summed E-state index contributed by atoms with van der Waals surface area (Å²) in [6.07, 6.45) is -6.14. The molecule has 0 bridgehead atoms. The summed E-state index contributed by atoms with van der Waals surface area (Å²) >= 11 is 0. The van der Waals surface area contributed by atoms with E-state index < -0.39 is 40.6 Å². The summed E-state index contributed by atoms with van der Waals surface area (Å²) < 4.78 is 86.9. The molecule has 1 nitrogen and oxygen atoms in total. The smallest absolute Gasteiger partial charge is 0.287 e. The van der Waals surface area contributed by atoms with E-state index in [1.807, 2.05) is 0 Å². The first-order chi connectivity index (χ1) is 7.98. The van der Waals surface area contributed by atoms with Crippen LogP contribution in [0.1, 0.15) is 15.9 Å². The number of hydrogen-bond donors (Lipinski definition) is 0. The number of hydrogen-bond acceptors (Lipinski definition) is 1. The molecule has 0 fully saturated rings. The van der Waals surface area contributed by atoms with Crippen LogP contribution < -0.4 is 0 Å². The van der Waals surface area contributed by atoms with E-state index in [1.165, 1.54) is 0 Å². The fraction of sp³-hybridized carbons (Fsp3) is 0.300. The number of carbonyl (C=O) groups excluding carboxylic acids is 1. The molecule has 0 amide bonds. The molecule has 0 aliphatic heterocycles. The monoisotopic (exact) mass is 274 g/mol. The number of rotatable bonds is 2. The molecule has 0 aliphatic rings. The average Bonchev–Trinajstić information content (AvgIpc) is 2.20. The van der Waals surface area contributed by atoms with E-state index >= 15 is 0 Å². The predicted octanol–water partition coefficient (Wildman–Crippen LogP) is 3.65. The third kappa shape index (κ3) is 2.32. The van der Waals surface area contributed by atoms with Gasteiger partial charge in [0.25, 0.3) is 0 Å². The molecule has 8 heteroatoms. The highest BCUT2D eigenvalue weighted by molar-refractivity contribution is 6.02. The summed E-state index contributed by atoms with van der Waals surface area (Å²) in [6.45, 7) is 0.997. The van der Waals surface area contributed by atoms with Crippen LogP contribution in [0.3, 0.4) is 0 Å². The Morgan fingerprint density at radius 2 is 1.50 bits per heavy atom. The molecule has 0 heterocycles. The molecule has 0 N–H and O–H groups in total. The zero-order valence-corrected chi connectivity index (χ0v) is 8.71. The van der Waals surface area contributed by atoms with Crippen molar-refractivity contribution in [2.45, 2.75) is 19.0 Å². The molecular weight excluding hydrogens is 269 g/mol. The van der Waals surface area contributed by atoms with Gasteiger partial charge in [-0.25, -0.2) is 8.78 Å². The minimum absolute atomic E-state index is 0.0784. The Morgan fingerprint density at radius 1 is 1.00 bits per heavy atom. The first-order valence-corrected chi connectivity index (χ1v) is 4.43. The number of Topliss-reactive ketones (excluding diaryl/α,β-unsaturated/α-hetero) is 1. The maximum absolute atomic E-state index is 13.0. The number of aryl methyl sites for hydroxylation is 1. The highest BCUT2D eigenvalue weighted by Crippen LogP contribution is 2.38. The lowest BCUT2D eigenvalue weighted by atomic mass is 10.0. The maximum atomic E-state index is 13.0. The van der Waals surface area contributed by atoms with Gasteiger partial charge in [0, 0.05) is 6.07 Å². The van der Waals surface area contributed by atoms with Crippen molar-refractivity contribution in [2.24, 2.45) is 0 Å². The first kappa shape index (κ1) is 14.5. The molecule has 0 spiro atoms. The van der Waals surface area contributed by atoms with Crippen LogP contribution in [-0.4, -0.2) is 17.9 Å². The van der Waals surface area contributed by atoms with Crippen molar-refractivity contribution in [2.75, 3.05) is 0 Å². The predicted molar refractivity (Wildman–Crippen MR) is 46.4 cm³/mol. The van der Waals surface area contributed by atoms with Crippen molar-refractivity contribution < 1.29 is 35.5 Å². The Labute approximate surface area is 96.2 Å². The largest absolute Gasteiger partial charge is 0.461 e. The summed E-state index contributed by atoms with van der Waals surface area (Å²) in [5.41, 5.74) is -1.92. The lowest BCUT2D eigenvalue weighted by Crippen LogP contribution is -2.44. The van der Waals surface area contributed by atoms with Crippen LogP contribution in [0.25, 0.3) is 0 Å². The number of benzene rings is 1. The highest BCUT2D eigenvalue weighted by atomic mass is 19.4. The van der Waals surface area contributed by atoms with Gasteiger partial charge in [-0.1, -0.05) is 0 Å². The van der Waals surface area contributed by atoms with Crippen LogP contribution in [0, 0.1) is 18.6 Å². The molecule has 0 unspecified atom stereocenters. The van der Waals surface area contributed by atoms with Crippen LogP contribution >= 0.6 is 0 Å². The van der Waals surface area contributed by atoms with Crippen LogP contribution in [0.4, 0.5) is 30.7 Å². The van der Waals surface area contributed by atoms with E-state index in [2.05, 4.69) is 0 Å². The van der Waals surface area contributed by atoms with E-state index in [-0.39, 0.29) is 6.07 Å². The molecule has 0 saturated carbocycles. The second-order valence-electron chi connectivity index (χ2n) is 3.48. The van der Waals surface area contributed by atoms with Gasteiger partial charge < -0.3 is 0 Å². The Morgan fingerprint density at radius 3 is 1.94 bits per heavy atom. The van der Waals surface area contributed by atoms with Crippen molar-refractivity contribution in [3.05, 3.63) is 34.9 Å². The van der Waals surface area contributed by atoms with Gasteiger partial charge in [0.05, 0.1) is 5.56 Å². The average molecular weight is 274 g/mol. The third-order valence-electron chi connectivity index (χ3n) is 2.13. The minimum atomic E-state index is -6.14. The number of alkyl halides is 5. The maximum Gasteiger partial charge on any atom is 0.461 e. The van der Waals surface area contributed by atoms with E-state index in [9.17, 15) is 35.5 Å².